The fourth-order valence-corrected chi connectivity index (χ4v) is 1.83. The van der Waals surface area contributed by atoms with Crippen molar-refractivity contribution in [2.24, 2.45) is 0 Å². The average molecular weight is 221 g/mol. The molecule has 0 aromatic heterocycles. The molecule has 5 nitrogen and oxygen atoms in total. The number of nitrogens with zero attached hydrogens (tertiary/aromatic N) is 2. The summed E-state index contributed by atoms with van der Waals surface area (Å²) >= 11 is 0. The number of hydrazine groups is 1. The van der Waals surface area contributed by atoms with Crippen molar-refractivity contribution in [1.82, 2.24) is 5.01 Å². The molecule has 16 heavy (non-hydrogen) atoms. The van der Waals surface area contributed by atoms with E-state index in [0.717, 1.165) is 12.1 Å². The Hall–Kier alpha value is -1.59. The lowest BCUT2D eigenvalue weighted by Gasteiger charge is -2.32. The van der Waals surface area contributed by atoms with Crippen LogP contribution >= 0.6 is 0 Å². The predicted molar refractivity (Wildman–Crippen MR) is 60.1 cm³/mol. The first kappa shape index (κ1) is 10.9. The van der Waals surface area contributed by atoms with Crippen LogP contribution in [0.3, 0.4) is 0 Å². The molecule has 1 aliphatic heterocycles. The predicted octanol–water partition coefficient (Wildman–Crippen LogP) is -0.0421. The number of hydroxylamine groups is 1. The van der Waals surface area contributed by atoms with Crippen molar-refractivity contribution in [1.29, 1.82) is 0 Å². The van der Waals surface area contributed by atoms with Gasteiger partial charge in [-0.3, -0.25) is 4.79 Å². The second kappa shape index (κ2) is 4.51. The highest BCUT2D eigenvalue weighted by Gasteiger charge is 2.35. The standard InChI is InChI=1S/C11H15N3O2/c1-2-8-12-11(15)9-13(16)14(12)10-6-4-3-5-7-10/h3-7,13H,2,8-9H2,1H3. The van der Waals surface area contributed by atoms with Crippen LogP contribution in [0.2, 0.25) is 0 Å². The molecule has 0 radical (unpaired) electrons. The number of nitrogens with one attached hydrogen (secondary N) is 1. The minimum absolute atomic E-state index is 0.0190. The Morgan fingerprint density at radius 2 is 2.06 bits per heavy atom. The molecule has 1 unspecified atom stereocenters. The van der Waals surface area contributed by atoms with Gasteiger partial charge < -0.3 is 5.21 Å². The van der Waals surface area contributed by atoms with Gasteiger partial charge in [0.25, 0.3) is 0 Å². The Morgan fingerprint density at radius 1 is 1.38 bits per heavy atom. The van der Waals surface area contributed by atoms with Gasteiger partial charge in [-0.1, -0.05) is 25.1 Å². The largest absolute Gasteiger partial charge is 0.606 e. The highest BCUT2D eigenvalue weighted by Crippen LogP contribution is 2.14. The van der Waals surface area contributed by atoms with Crippen LogP contribution in [0, 0.1) is 5.21 Å². The van der Waals surface area contributed by atoms with E-state index in [4.69, 9.17) is 0 Å². The van der Waals surface area contributed by atoms with Crippen molar-refractivity contribution in [2.45, 2.75) is 13.3 Å². The summed E-state index contributed by atoms with van der Waals surface area (Å²) in [7, 11) is 0. The second-order valence-corrected chi connectivity index (χ2v) is 3.73. The van der Waals surface area contributed by atoms with Crippen molar-refractivity contribution in [3.63, 3.8) is 0 Å². The highest BCUT2D eigenvalue weighted by atomic mass is 16.6. The quantitative estimate of drug-likeness (QED) is 0.729. The molecule has 1 heterocycles. The number of para-hydroxylation sites is 1. The number of amides is 1. The molecule has 0 aliphatic carbocycles. The highest BCUT2D eigenvalue weighted by molar-refractivity contribution is 5.80. The van der Waals surface area contributed by atoms with Gasteiger partial charge in [0, 0.05) is 6.54 Å². The second-order valence-electron chi connectivity index (χ2n) is 3.73. The van der Waals surface area contributed by atoms with Crippen LogP contribution in [-0.2, 0) is 4.79 Å². The van der Waals surface area contributed by atoms with E-state index >= 15 is 0 Å². The summed E-state index contributed by atoms with van der Waals surface area (Å²) in [5.41, 5.74) is 0.756. The van der Waals surface area contributed by atoms with Crippen molar-refractivity contribution in [3.05, 3.63) is 35.5 Å². The summed E-state index contributed by atoms with van der Waals surface area (Å²) in [6.07, 6.45) is 0.836. The maximum atomic E-state index is 11.7. The van der Waals surface area contributed by atoms with Gasteiger partial charge in [-0.2, -0.15) is 0 Å². The summed E-state index contributed by atoms with van der Waals surface area (Å²) in [5, 5.41) is 14.6. The lowest BCUT2D eigenvalue weighted by Crippen LogP contribution is -3.13. The van der Waals surface area contributed by atoms with Crippen LogP contribution in [0.25, 0.3) is 0 Å². The van der Waals surface area contributed by atoms with E-state index in [1.165, 1.54) is 10.1 Å². The molecule has 2 rings (SSSR count). The third kappa shape index (κ3) is 1.87. The Morgan fingerprint density at radius 3 is 2.69 bits per heavy atom. The first-order chi connectivity index (χ1) is 7.74. The Balaban J connectivity index is 2.27. The van der Waals surface area contributed by atoms with Gasteiger partial charge in [-0.05, 0) is 18.6 Å². The first-order valence-corrected chi connectivity index (χ1v) is 5.42. The zero-order valence-corrected chi connectivity index (χ0v) is 9.22. The first-order valence-electron chi connectivity index (χ1n) is 5.42. The number of carbonyl (C=O) groups excluding carboxylic acids is 1. The van der Waals surface area contributed by atoms with E-state index in [-0.39, 0.29) is 17.6 Å². The fraction of sp³-hybridized carbons (Fsp3) is 0.364. The lowest BCUT2D eigenvalue weighted by atomic mass is 10.3. The van der Waals surface area contributed by atoms with E-state index in [1.54, 1.807) is 0 Å². The van der Waals surface area contributed by atoms with Crippen LogP contribution in [0.5, 0.6) is 0 Å². The number of benzene rings is 1. The smallest absolute Gasteiger partial charge is 0.302 e. The van der Waals surface area contributed by atoms with E-state index in [2.05, 4.69) is 0 Å². The summed E-state index contributed by atoms with van der Waals surface area (Å²) in [6, 6.07) is 9.26. The molecule has 0 spiro atoms. The SMILES string of the molecule is CCCN1C(=O)C[NH+]([O-])N1c1ccccc1. The molecule has 0 bridgehead atoms. The maximum absolute atomic E-state index is 11.7. The minimum atomic E-state index is -0.148. The topological polar surface area (TPSA) is 51.1 Å². The molecule has 1 aliphatic rings. The average Bonchev–Trinajstić information content (AvgIpc) is 2.56. The Labute approximate surface area is 94.4 Å². The van der Waals surface area contributed by atoms with Crippen molar-refractivity contribution >= 4 is 11.6 Å². The van der Waals surface area contributed by atoms with E-state index in [9.17, 15) is 10.0 Å². The van der Waals surface area contributed by atoms with Crippen LogP contribution in [0.1, 0.15) is 13.3 Å². The van der Waals surface area contributed by atoms with E-state index in [0.29, 0.717) is 6.54 Å². The molecule has 1 saturated heterocycles. The molecule has 5 heteroatoms. The summed E-state index contributed by atoms with van der Waals surface area (Å²) in [5.74, 6) is -0.115. The molecule has 1 aromatic rings. The zero-order chi connectivity index (χ0) is 11.5. The van der Waals surface area contributed by atoms with Gasteiger partial charge in [-0.25, -0.2) is 10.2 Å². The molecule has 1 amide bonds. The molecule has 1 N–H and O–H groups in total. The monoisotopic (exact) mass is 221 g/mol. The molecular formula is C11H15N3O2. The van der Waals surface area contributed by atoms with Crippen molar-refractivity contribution in [2.75, 3.05) is 18.2 Å². The molecule has 1 aromatic carbocycles. The number of anilines is 1. The summed E-state index contributed by atoms with van der Waals surface area (Å²) < 4.78 is 0. The molecule has 1 atom stereocenters. The number of hydrogen-bond donors (Lipinski definition) is 1. The lowest BCUT2D eigenvalue weighted by molar-refractivity contribution is -0.849. The molecule has 1 fully saturated rings. The van der Waals surface area contributed by atoms with E-state index in [1.807, 2.05) is 37.3 Å². The van der Waals surface area contributed by atoms with Crippen molar-refractivity contribution < 1.29 is 9.97 Å². The molecule has 0 saturated carbocycles. The van der Waals surface area contributed by atoms with Crippen molar-refractivity contribution in [3.8, 4) is 0 Å². The normalized spacial score (nSPS) is 20.6. The van der Waals surface area contributed by atoms with Crippen LogP contribution in [0.15, 0.2) is 30.3 Å². The Kier molecular flexibility index (Phi) is 3.07. The van der Waals surface area contributed by atoms with Crippen LogP contribution < -0.4 is 10.3 Å². The van der Waals surface area contributed by atoms with Crippen LogP contribution in [0.4, 0.5) is 5.69 Å². The molecule has 86 valence electrons. The van der Waals surface area contributed by atoms with Crippen LogP contribution in [-0.4, -0.2) is 24.0 Å². The number of quaternary nitrogens is 1. The van der Waals surface area contributed by atoms with E-state index < -0.39 is 0 Å². The molecular weight excluding hydrogens is 206 g/mol. The number of carbonyl (C=O) groups is 1. The van der Waals surface area contributed by atoms with Gasteiger partial charge in [0.15, 0.2) is 6.54 Å². The third-order valence-corrected chi connectivity index (χ3v) is 2.50. The summed E-state index contributed by atoms with van der Waals surface area (Å²) in [6.45, 7) is 2.55. The zero-order valence-electron chi connectivity index (χ0n) is 9.22. The third-order valence-electron chi connectivity index (χ3n) is 2.50. The van der Waals surface area contributed by atoms with Gasteiger partial charge >= 0.3 is 5.91 Å². The minimum Gasteiger partial charge on any atom is -0.606 e. The van der Waals surface area contributed by atoms with Gasteiger partial charge in [-0.15, -0.1) is 5.12 Å². The maximum Gasteiger partial charge on any atom is 0.302 e. The van der Waals surface area contributed by atoms with Gasteiger partial charge in [0.05, 0.1) is 0 Å². The number of rotatable bonds is 3. The van der Waals surface area contributed by atoms with Gasteiger partial charge in [0.1, 0.15) is 5.69 Å². The van der Waals surface area contributed by atoms with Gasteiger partial charge in [0.2, 0.25) is 0 Å². The Bertz CT molecular complexity index is 369. The fourth-order valence-electron chi connectivity index (χ4n) is 1.83. The summed E-state index contributed by atoms with van der Waals surface area (Å²) in [4.78, 5) is 11.6. The number of hydrogen-bond acceptors (Lipinski definition) is 3.